The summed E-state index contributed by atoms with van der Waals surface area (Å²) in [7, 11) is 0. The van der Waals surface area contributed by atoms with Crippen molar-refractivity contribution in [2.75, 3.05) is 11.9 Å². The number of para-hydroxylation sites is 2. The third kappa shape index (κ3) is 1.71. The van der Waals surface area contributed by atoms with Crippen LogP contribution in [0.2, 0.25) is 0 Å². The van der Waals surface area contributed by atoms with Crippen molar-refractivity contribution >= 4 is 16.9 Å². The highest BCUT2D eigenvalue weighted by Gasteiger charge is 2.23. The molecule has 4 rings (SSSR count). The van der Waals surface area contributed by atoms with Crippen LogP contribution in [0.15, 0.2) is 36.5 Å². The van der Waals surface area contributed by atoms with Crippen molar-refractivity contribution in [3.63, 3.8) is 0 Å². The lowest BCUT2D eigenvalue weighted by Gasteiger charge is -2.25. The summed E-state index contributed by atoms with van der Waals surface area (Å²) in [4.78, 5) is 12.1. The first-order valence-electron chi connectivity index (χ1n) is 6.62. The molecule has 0 aliphatic carbocycles. The summed E-state index contributed by atoms with van der Waals surface area (Å²) in [5.74, 6) is 1.66. The van der Waals surface area contributed by atoms with Crippen LogP contribution in [0.4, 0.5) is 5.69 Å². The molecule has 1 aliphatic rings. The normalized spacial score (nSPS) is 17.4. The van der Waals surface area contributed by atoms with E-state index < -0.39 is 0 Å². The molecule has 3 heterocycles. The summed E-state index contributed by atoms with van der Waals surface area (Å²) in [6.45, 7) is 2.73. The van der Waals surface area contributed by atoms with Crippen LogP contribution >= 0.6 is 0 Å². The molecule has 2 N–H and O–H groups in total. The number of imidazole rings is 1. The van der Waals surface area contributed by atoms with Crippen molar-refractivity contribution in [3.05, 3.63) is 47.9 Å². The van der Waals surface area contributed by atoms with Gasteiger partial charge < -0.3 is 15.0 Å². The van der Waals surface area contributed by atoms with E-state index in [2.05, 4.69) is 20.3 Å². The van der Waals surface area contributed by atoms with Gasteiger partial charge in [0.05, 0.1) is 17.7 Å². The Morgan fingerprint density at radius 1 is 1.25 bits per heavy atom. The first-order chi connectivity index (χ1) is 9.81. The molecule has 0 amide bonds. The van der Waals surface area contributed by atoms with Crippen molar-refractivity contribution < 1.29 is 4.74 Å². The van der Waals surface area contributed by atoms with Crippen LogP contribution in [-0.4, -0.2) is 21.5 Å². The van der Waals surface area contributed by atoms with Gasteiger partial charge in [-0.15, -0.1) is 0 Å². The van der Waals surface area contributed by atoms with Crippen LogP contribution in [0.1, 0.15) is 17.5 Å². The van der Waals surface area contributed by atoms with E-state index in [9.17, 15) is 0 Å². The molecular weight excluding hydrogens is 252 g/mol. The predicted molar refractivity (Wildman–Crippen MR) is 76.9 cm³/mol. The van der Waals surface area contributed by atoms with Crippen molar-refractivity contribution in [3.8, 4) is 5.75 Å². The van der Waals surface area contributed by atoms with E-state index in [0.717, 1.165) is 34.0 Å². The van der Waals surface area contributed by atoms with Gasteiger partial charge in [-0.2, -0.15) is 0 Å². The maximum absolute atomic E-state index is 6.00. The van der Waals surface area contributed by atoms with Gasteiger partial charge in [0, 0.05) is 6.20 Å². The SMILES string of the molecule is Cc1ccnc2nc(C3CNc4ccccc4O3)[nH]c12. The molecule has 5 nitrogen and oxygen atoms in total. The van der Waals surface area contributed by atoms with Crippen molar-refractivity contribution in [1.29, 1.82) is 0 Å². The molecule has 1 unspecified atom stereocenters. The highest BCUT2D eigenvalue weighted by Crippen LogP contribution is 2.33. The van der Waals surface area contributed by atoms with E-state index in [0.29, 0.717) is 6.54 Å². The minimum Gasteiger partial charge on any atom is -0.478 e. The lowest BCUT2D eigenvalue weighted by Crippen LogP contribution is -2.24. The second kappa shape index (κ2) is 4.23. The highest BCUT2D eigenvalue weighted by molar-refractivity contribution is 5.74. The maximum Gasteiger partial charge on any atom is 0.178 e. The molecule has 20 heavy (non-hydrogen) atoms. The number of hydrogen-bond donors (Lipinski definition) is 2. The number of ether oxygens (including phenoxy) is 1. The summed E-state index contributed by atoms with van der Waals surface area (Å²) >= 11 is 0. The fourth-order valence-corrected chi connectivity index (χ4v) is 2.47. The number of fused-ring (bicyclic) bond motifs is 2. The monoisotopic (exact) mass is 266 g/mol. The second-order valence-electron chi connectivity index (χ2n) is 4.93. The van der Waals surface area contributed by atoms with Crippen LogP contribution in [0, 0.1) is 6.92 Å². The molecule has 1 aromatic carbocycles. The van der Waals surface area contributed by atoms with Gasteiger partial charge in [-0.1, -0.05) is 12.1 Å². The second-order valence-corrected chi connectivity index (χ2v) is 4.93. The summed E-state index contributed by atoms with van der Waals surface area (Å²) < 4.78 is 6.00. The topological polar surface area (TPSA) is 62.8 Å². The van der Waals surface area contributed by atoms with Gasteiger partial charge >= 0.3 is 0 Å². The van der Waals surface area contributed by atoms with E-state index in [1.54, 1.807) is 6.20 Å². The fraction of sp³-hybridized carbons (Fsp3) is 0.200. The Morgan fingerprint density at radius 2 is 2.15 bits per heavy atom. The maximum atomic E-state index is 6.00. The lowest BCUT2D eigenvalue weighted by molar-refractivity contribution is 0.202. The quantitative estimate of drug-likeness (QED) is 0.711. The minimum absolute atomic E-state index is 0.126. The Kier molecular flexibility index (Phi) is 2.39. The van der Waals surface area contributed by atoms with Crippen molar-refractivity contribution in [2.24, 2.45) is 0 Å². The van der Waals surface area contributed by atoms with Gasteiger partial charge in [0.25, 0.3) is 0 Å². The molecule has 0 radical (unpaired) electrons. The number of pyridine rings is 1. The first kappa shape index (κ1) is 11.3. The number of hydrogen-bond acceptors (Lipinski definition) is 4. The van der Waals surface area contributed by atoms with Crippen LogP contribution in [0.3, 0.4) is 0 Å². The summed E-state index contributed by atoms with van der Waals surface area (Å²) in [6.07, 6.45) is 1.65. The van der Waals surface area contributed by atoms with Gasteiger partial charge in [0.1, 0.15) is 5.75 Å². The summed E-state index contributed by atoms with van der Waals surface area (Å²) in [5.41, 5.74) is 3.87. The molecule has 0 saturated heterocycles. The molecule has 1 aliphatic heterocycles. The molecule has 3 aromatic rings. The fourth-order valence-electron chi connectivity index (χ4n) is 2.47. The average Bonchev–Trinajstić information content (AvgIpc) is 2.92. The summed E-state index contributed by atoms with van der Waals surface area (Å²) in [5, 5.41) is 3.36. The standard InChI is InChI=1S/C15H14N4O/c1-9-6-7-16-15-13(9)18-14(19-15)12-8-17-10-4-2-3-5-11(10)20-12/h2-7,12,17H,8H2,1H3,(H,16,18,19). The predicted octanol–water partition coefficient (Wildman–Crippen LogP) is 2.81. The minimum atomic E-state index is -0.126. The third-order valence-corrected chi connectivity index (χ3v) is 3.56. The smallest absolute Gasteiger partial charge is 0.178 e. The van der Waals surface area contributed by atoms with E-state index in [1.165, 1.54) is 0 Å². The number of aromatic amines is 1. The number of benzene rings is 1. The number of aromatic nitrogens is 3. The van der Waals surface area contributed by atoms with Crippen LogP contribution in [0.25, 0.3) is 11.2 Å². The molecule has 5 heteroatoms. The van der Waals surface area contributed by atoms with E-state index in [1.807, 2.05) is 37.3 Å². The molecule has 0 fully saturated rings. The number of rotatable bonds is 1. The summed E-state index contributed by atoms with van der Waals surface area (Å²) in [6, 6.07) is 9.90. The molecule has 2 aromatic heterocycles. The Morgan fingerprint density at radius 3 is 3.05 bits per heavy atom. The molecule has 1 atom stereocenters. The molecule has 0 spiro atoms. The molecule has 100 valence electrons. The third-order valence-electron chi connectivity index (χ3n) is 3.56. The largest absolute Gasteiger partial charge is 0.478 e. The number of nitrogens with zero attached hydrogens (tertiary/aromatic N) is 2. The Balaban J connectivity index is 1.72. The van der Waals surface area contributed by atoms with Crippen LogP contribution in [-0.2, 0) is 0 Å². The zero-order valence-electron chi connectivity index (χ0n) is 11.1. The Labute approximate surface area is 116 Å². The Bertz CT molecular complexity index is 780. The first-order valence-corrected chi connectivity index (χ1v) is 6.62. The zero-order valence-corrected chi connectivity index (χ0v) is 11.1. The van der Waals surface area contributed by atoms with Crippen molar-refractivity contribution in [2.45, 2.75) is 13.0 Å². The highest BCUT2D eigenvalue weighted by atomic mass is 16.5. The average molecular weight is 266 g/mol. The number of nitrogens with one attached hydrogen (secondary N) is 2. The lowest BCUT2D eigenvalue weighted by atomic mass is 10.2. The van der Waals surface area contributed by atoms with Crippen LogP contribution in [0.5, 0.6) is 5.75 Å². The van der Waals surface area contributed by atoms with E-state index in [4.69, 9.17) is 4.74 Å². The number of aryl methyl sites for hydroxylation is 1. The van der Waals surface area contributed by atoms with Gasteiger partial charge in [0.15, 0.2) is 17.6 Å². The van der Waals surface area contributed by atoms with Crippen LogP contribution < -0.4 is 10.1 Å². The van der Waals surface area contributed by atoms with Gasteiger partial charge in [-0.25, -0.2) is 9.97 Å². The number of H-pyrrole nitrogens is 1. The molecular formula is C15H14N4O. The van der Waals surface area contributed by atoms with E-state index in [-0.39, 0.29) is 6.10 Å². The molecule has 0 bridgehead atoms. The van der Waals surface area contributed by atoms with Gasteiger partial charge in [-0.05, 0) is 30.7 Å². The zero-order chi connectivity index (χ0) is 13.5. The van der Waals surface area contributed by atoms with Gasteiger partial charge in [-0.3, -0.25) is 0 Å². The Hall–Kier alpha value is -2.56. The molecule has 0 saturated carbocycles. The van der Waals surface area contributed by atoms with E-state index >= 15 is 0 Å². The van der Waals surface area contributed by atoms with Gasteiger partial charge in [0.2, 0.25) is 0 Å². The van der Waals surface area contributed by atoms with Crippen molar-refractivity contribution in [1.82, 2.24) is 15.0 Å². The number of anilines is 1.